The molecule has 0 bridgehead atoms. The van der Waals surface area contributed by atoms with Gasteiger partial charge >= 0.3 is 0 Å². The van der Waals surface area contributed by atoms with Gasteiger partial charge < -0.3 is 0 Å². The highest BCUT2D eigenvalue weighted by molar-refractivity contribution is 6.21. The molecule has 19 heavy (non-hydrogen) atoms. The van der Waals surface area contributed by atoms with E-state index >= 15 is 0 Å². The Morgan fingerprint density at radius 2 is 1.84 bits per heavy atom. The highest BCUT2D eigenvalue weighted by atomic mass is 17.1. The van der Waals surface area contributed by atoms with Gasteiger partial charge in [0, 0.05) is 6.54 Å². The summed E-state index contributed by atoms with van der Waals surface area (Å²) in [5.74, 6) is -0.613. The van der Waals surface area contributed by atoms with E-state index in [1.54, 1.807) is 31.2 Å². The fourth-order valence-corrected chi connectivity index (χ4v) is 2.08. The Kier molecular flexibility index (Phi) is 3.78. The zero-order valence-corrected chi connectivity index (χ0v) is 10.6. The highest BCUT2D eigenvalue weighted by Crippen LogP contribution is 2.23. The monoisotopic (exact) mass is 261 g/mol. The van der Waals surface area contributed by atoms with Gasteiger partial charge in [-0.3, -0.25) is 19.7 Å². The summed E-state index contributed by atoms with van der Waals surface area (Å²) in [7, 11) is 0. The Morgan fingerprint density at radius 1 is 1.32 bits per heavy atom. The predicted molar refractivity (Wildman–Crippen MR) is 68.7 cm³/mol. The highest BCUT2D eigenvalue weighted by Gasteiger charge is 2.35. The van der Waals surface area contributed by atoms with E-state index in [-0.39, 0.29) is 18.4 Å². The van der Waals surface area contributed by atoms with Crippen molar-refractivity contribution >= 4 is 11.8 Å². The second-order valence-electron chi connectivity index (χ2n) is 4.54. The Morgan fingerprint density at radius 3 is 2.26 bits per heavy atom. The Hall–Kier alpha value is -1.98. The van der Waals surface area contributed by atoms with Crippen molar-refractivity contribution in [2.45, 2.75) is 19.4 Å². The maximum absolute atomic E-state index is 12.1. The van der Waals surface area contributed by atoms with Gasteiger partial charge in [0.25, 0.3) is 11.8 Å². The van der Waals surface area contributed by atoms with Crippen LogP contribution in [0.1, 0.15) is 34.1 Å². The lowest BCUT2D eigenvalue weighted by atomic mass is 10.1. The number of hydrogen-bond acceptors (Lipinski definition) is 4. The Labute approximate surface area is 111 Å². The lowest BCUT2D eigenvalue weighted by molar-refractivity contribution is -0.269. The van der Waals surface area contributed by atoms with Gasteiger partial charge in [-0.2, -0.15) is 0 Å². The number of carbonyl (C=O) groups is 2. The van der Waals surface area contributed by atoms with E-state index in [0.717, 1.165) is 0 Å². The van der Waals surface area contributed by atoms with E-state index in [9.17, 15) is 9.59 Å². The smallest absolute Gasteiger partial charge is 0.261 e. The van der Waals surface area contributed by atoms with E-state index in [0.29, 0.717) is 23.1 Å². The second kappa shape index (κ2) is 5.34. The van der Waals surface area contributed by atoms with Crippen LogP contribution in [0.4, 0.5) is 0 Å². The molecule has 2 rings (SSSR count). The molecule has 2 amide bonds. The molecule has 1 aromatic carbocycles. The van der Waals surface area contributed by atoms with Gasteiger partial charge in [0.15, 0.2) is 0 Å². The third kappa shape index (κ3) is 2.43. The molecule has 1 unspecified atom stereocenters. The standard InChI is InChI=1S/C14H15NO4/c1-9(2)12(19-18)7-8-15-13(16)10-5-3-4-6-11(10)14(15)17/h3-6,12,18H,1,7-8H2,2H3. The number of amides is 2. The van der Waals surface area contributed by atoms with Gasteiger partial charge in [0.05, 0.1) is 11.1 Å². The van der Waals surface area contributed by atoms with Crippen molar-refractivity contribution in [3.05, 3.63) is 47.5 Å². The Bertz CT molecular complexity index is 503. The van der Waals surface area contributed by atoms with Crippen LogP contribution in [-0.4, -0.2) is 34.6 Å². The van der Waals surface area contributed by atoms with Crippen molar-refractivity contribution in [3.63, 3.8) is 0 Å². The van der Waals surface area contributed by atoms with Crippen LogP contribution >= 0.6 is 0 Å². The normalized spacial score (nSPS) is 15.6. The maximum atomic E-state index is 12.1. The summed E-state index contributed by atoms with van der Waals surface area (Å²) in [4.78, 5) is 29.6. The average molecular weight is 261 g/mol. The number of rotatable bonds is 5. The maximum Gasteiger partial charge on any atom is 0.261 e. The molecule has 0 fully saturated rings. The third-order valence-corrected chi connectivity index (χ3v) is 3.17. The largest absolute Gasteiger partial charge is 0.274 e. The lowest BCUT2D eigenvalue weighted by Gasteiger charge is -2.18. The molecule has 1 aliphatic heterocycles. The number of imide groups is 1. The van der Waals surface area contributed by atoms with E-state index < -0.39 is 6.10 Å². The summed E-state index contributed by atoms with van der Waals surface area (Å²) in [6.45, 7) is 5.57. The summed E-state index contributed by atoms with van der Waals surface area (Å²) >= 11 is 0. The van der Waals surface area contributed by atoms with Crippen molar-refractivity contribution in [3.8, 4) is 0 Å². The molecule has 0 saturated heterocycles. The molecule has 5 nitrogen and oxygen atoms in total. The first kappa shape index (κ1) is 13.5. The van der Waals surface area contributed by atoms with Gasteiger partial charge in [0.1, 0.15) is 6.10 Å². The molecule has 1 atom stereocenters. The minimum Gasteiger partial charge on any atom is -0.274 e. The molecule has 100 valence electrons. The summed E-state index contributed by atoms with van der Waals surface area (Å²) in [6.07, 6.45) is -0.263. The van der Waals surface area contributed by atoms with E-state index in [1.165, 1.54) is 4.90 Å². The summed E-state index contributed by atoms with van der Waals surface area (Å²) < 4.78 is 0. The first-order valence-electron chi connectivity index (χ1n) is 5.97. The van der Waals surface area contributed by atoms with Gasteiger partial charge in [-0.15, -0.1) is 0 Å². The van der Waals surface area contributed by atoms with Crippen molar-refractivity contribution in [2.24, 2.45) is 0 Å². The number of carbonyl (C=O) groups excluding carboxylic acids is 2. The van der Waals surface area contributed by atoms with Crippen molar-refractivity contribution < 1.29 is 19.7 Å². The number of fused-ring (bicyclic) bond motifs is 1. The molecule has 0 spiro atoms. The first-order valence-corrected chi connectivity index (χ1v) is 5.97. The summed E-state index contributed by atoms with van der Waals surface area (Å²) in [5, 5.41) is 8.73. The van der Waals surface area contributed by atoms with Crippen LogP contribution in [0.2, 0.25) is 0 Å². The summed E-state index contributed by atoms with van der Waals surface area (Å²) in [5.41, 5.74) is 1.48. The fraction of sp³-hybridized carbons (Fsp3) is 0.286. The predicted octanol–water partition coefficient (Wildman–Crippen LogP) is 2.11. The van der Waals surface area contributed by atoms with Gasteiger partial charge in [-0.25, -0.2) is 4.89 Å². The first-order chi connectivity index (χ1) is 9.06. The topological polar surface area (TPSA) is 66.8 Å². The molecule has 0 saturated carbocycles. The lowest BCUT2D eigenvalue weighted by Crippen LogP contribution is -2.33. The van der Waals surface area contributed by atoms with E-state index in [2.05, 4.69) is 11.5 Å². The number of benzene rings is 1. The molecule has 0 aliphatic carbocycles. The molecule has 1 heterocycles. The zero-order valence-electron chi connectivity index (χ0n) is 10.6. The molecule has 1 aliphatic rings. The number of nitrogens with zero attached hydrogens (tertiary/aromatic N) is 1. The van der Waals surface area contributed by atoms with E-state index in [1.807, 2.05) is 0 Å². The molecule has 1 N–H and O–H groups in total. The zero-order chi connectivity index (χ0) is 14.0. The SMILES string of the molecule is C=C(C)C(CCN1C(=O)c2ccccc2C1=O)OO. The van der Waals surface area contributed by atoms with E-state index in [4.69, 9.17) is 5.26 Å². The quantitative estimate of drug-likeness (QED) is 0.381. The minimum atomic E-state index is -0.579. The molecule has 5 heteroatoms. The van der Waals surface area contributed by atoms with Crippen molar-refractivity contribution in [2.75, 3.05) is 6.54 Å². The molecule has 0 aromatic heterocycles. The molecular weight excluding hydrogens is 246 g/mol. The minimum absolute atomic E-state index is 0.185. The molecule has 0 radical (unpaired) electrons. The van der Waals surface area contributed by atoms with Crippen LogP contribution in [0.25, 0.3) is 0 Å². The molecule has 1 aromatic rings. The van der Waals surface area contributed by atoms with Crippen molar-refractivity contribution in [1.82, 2.24) is 4.90 Å². The van der Waals surface area contributed by atoms with Gasteiger partial charge in [0.2, 0.25) is 0 Å². The third-order valence-electron chi connectivity index (χ3n) is 3.17. The van der Waals surface area contributed by atoms with Crippen LogP contribution in [0, 0.1) is 0 Å². The average Bonchev–Trinajstić information content (AvgIpc) is 2.64. The van der Waals surface area contributed by atoms with Crippen molar-refractivity contribution in [1.29, 1.82) is 0 Å². The van der Waals surface area contributed by atoms with Crippen LogP contribution in [-0.2, 0) is 4.89 Å². The fourth-order valence-electron chi connectivity index (χ4n) is 2.08. The summed E-state index contributed by atoms with van der Waals surface area (Å²) in [6, 6.07) is 6.71. The van der Waals surface area contributed by atoms with Gasteiger partial charge in [-0.1, -0.05) is 18.7 Å². The second-order valence-corrected chi connectivity index (χ2v) is 4.54. The molecular formula is C14H15NO4. The van der Waals surface area contributed by atoms with Gasteiger partial charge in [-0.05, 0) is 31.1 Å². The van der Waals surface area contributed by atoms with Crippen LogP contribution in [0.15, 0.2) is 36.4 Å². The van der Waals surface area contributed by atoms with Crippen LogP contribution in [0.5, 0.6) is 0 Å². The van der Waals surface area contributed by atoms with Crippen LogP contribution < -0.4 is 0 Å². The van der Waals surface area contributed by atoms with Crippen LogP contribution in [0.3, 0.4) is 0 Å². The Balaban J connectivity index is 2.10. The number of hydrogen-bond donors (Lipinski definition) is 1.